The van der Waals surface area contributed by atoms with Gasteiger partial charge in [-0.3, -0.25) is 0 Å². The molecule has 150 valence electrons. The monoisotopic (exact) mass is 438 g/mol. The predicted molar refractivity (Wildman–Crippen MR) is 130 cm³/mol. The predicted octanol–water partition coefficient (Wildman–Crippen LogP) is 6.12. The number of rotatable bonds is 0. The Labute approximate surface area is 191 Å². The van der Waals surface area contributed by atoms with Gasteiger partial charge in [0, 0.05) is 27.6 Å². The lowest BCUT2D eigenvalue weighted by atomic mass is 9.85. The number of hydrogen-bond donors (Lipinski definition) is 0. The summed E-state index contributed by atoms with van der Waals surface area (Å²) in [5.41, 5.74) is 4.67. The minimum absolute atomic E-state index is 0.476. The molecule has 0 radical (unpaired) electrons. The lowest BCUT2D eigenvalue weighted by Gasteiger charge is -2.26. The smallest absolute Gasteiger partial charge is 0.425 e. The summed E-state index contributed by atoms with van der Waals surface area (Å²) in [6.45, 7) is 0. The number of aromatic nitrogens is 2. The van der Waals surface area contributed by atoms with Gasteiger partial charge < -0.3 is 4.74 Å². The second-order valence-corrected chi connectivity index (χ2v) is 10.3. The summed E-state index contributed by atoms with van der Waals surface area (Å²) in [5.74, 6) is 1.93. The van der Waals surface area contributed by atoms with Crippen molar-refractivity contribution < 1.29 is 13.9 Å². The first-order valence-corrected chi connectivity index (χ1v) is 12.2. The average Bonchev–Trinajstić information content (AvgIpc) is 3.55. The van der Waals surface area contributed by atoms with Crippen LogP contribution < -0.4 is 13.9 Å². The van der Waals surface area contributed by atoms with Gasteiger partial charge in [-0.15, -0.1) is 20.5 Å². The van der Waals surface area contributed by atoms with E-state index >= 15 is 0 Å². The summed E-state index contributed by atoms with van der Waals surface area (Å²) < 4.78 is 13.1. The first-order chi connectivity index (χ1) is 16.4. The number of nitrogens with zero attached hydrogens (tertiary/aromatic N) is 2. The van der Waals surface area contributed by atoms with E-state index < -0.39 is 5.66 Å². The molecule has 33 heavy (non-hydrogen) atoms. The highest BCUT2D eigenvalue weighted by Crippen LogP contribution is 2.57. The first-order valence-electron chi connectivity index (χ1n) is 11.3. The van der Waals surface area contributed by atoms with Gasteiger partial charge in [-0.05, 0) is 58.6 Å². The van der Waals surface area contributed by atoms with E-state index in [1.807, 2.05) is 11.3 Å². The molecule has 0 bridgehead atoms. The standard InChI is InChI=1S/C29H14N2OS/c1-3-16-6-5-15-7-9-20-24-22(15)26(16)30(12-1)29(24)25-21(32-20)10-8-17-18-11-14-33-28(18)19-4-2-13-31(29)27(19)23(17)25/h1-14H/q+2. The summed E-state index contributed by atoms with van der Waals surface area (Å²) in [6.07, 6.45) is 4.54. The zero-order chi connectivity index (χ0) is 21.1. The molecule has 0 saturated carbocycles. The second kappa shape index (κ2) is 4.68. The van der Waals surface area contributed by atoms with Crippen LogP contribution in [0.4, 0.5) is 0 Å². The molecule has 0 aliphatic carbocycles. The zero-order valence-corrected chi connectivity index (χ0v) is 18.1. The summed E-state index contributed by atoms with van der Waals surface area (Å²) >= 11 is 1.84. The topological polar surface area (TPSA) is 17.0 Å². The van der Waals surface area contributed by atoms with Crippen LogP contribution in [0.25, 0.3) is 53.4 Å². The van der Waals surface area contributed by atoms with Crippen molar-refractivity contribution in [3.8, 4) is 11.5 Å². The van der Waals surface area contributed by atoms with Crippen molar-refractivity contribution in [3.05, 3.63) is 95.6 Å². The third-order valence-corrected chi connectivity index (χ3v) is 9.06. The molecule has 4 aromatic carbocycles. The van der Waals surface area contributed by atoms with E-state index in [9.17, 15) is 0 Å². The Hall–Kier alpha value is -4.02. The van der Waals surface area contributed by atoms with Crippen molar-refractivity contribution in [2.24, 2.45) is 0 Å². The van der Waals surface area contributed by atoms with Gasteiger partial charge in [-0.25, -0.2) is 0 Å². The Morgan fingerprint density at radius 1 is 0.636 bits per heavy atom. The summed E-state index contributed by atoms with van der Waals surface area (Å²) in [5, 5.41) is 11.4. The Bertz CT molecular complexity index is 2120. The molecule has 0 fully saturated rings. The number of thiophene rings is 1. The maximum absolute atomic E-state index is 6.68. The molecular weight excluding hydrogens is 424 g/mol. The van der Waals surface area contributed by atoms with Gasteiger partial charge >= 0.3 is 5.66 Å². The molecule has 3 nitrogen and oxygen atoms in total. The lowest BCUT2D eigenvalue weighted by molar-refractivity contribution is -0.945. The van der Waals surface area contributed by atoms with E-state index in [1.165, 1.54) is 64.6 Å². The number of benzene rings is 4. The molecule has 4 heteroatoms. The molecule has 10 rings (SSSR count). The largest absolute Gasteiger partial charge is 0.456 e. The molecule has 6 heterocycles. The van der Waals surface area contributed by atoms with Crippen LogP contribution in [0.15, 0.2) is 84.5 Å². The van der Waals surface area contributed by atoms with Gasteiger partial charge in [0.1, 0.15) is 11.5 Å². The van der Waals surface area contributed by atoms with E-state index in [0.717, 1.165) is 11.5 Å². The van der Waals surface area contributed by atoms with Gasteiger partial charge in [0.05, 0.1) is 16.2 Å². The minimum Gasteiger partial charge on any atom is -0.456 e. The van der Waals surface area contributed by atoms with Gasteiger partial charge in [0.2, 0.25) is 11.0 Å². The van der Waals surface area contributed by atoms with Crippen LogP contribution in [0.1, 0.15) is 11.1 Å². The maximum atomic E-state index is 6.68. The van der Waals surface area contributed by atoms with E-state index in [4.69, 9.17) is 4.74 Å². The van der Waals surface area contributed by atoms with Gasteiger partial charge in [-0.2, -0.15) is 0 Å². The van der Waals surface area contributed by atoms with E-state index in [2.05, 4.69) is 93.6 Å². The normalized spacial score (nSPS) is 18.7. The highest BCUT2D eigenvalue weighted by Gasteiger charge is 2.69. The van der Waals surface area contributed by atoms with Crippen LogP contribution in [0.3, 0.4) is 0 Å². The van der Waals surface area contributed by atoms with Crippen LogP contribution in [0.5, 0.6) is 11.5 Å². The number of hydrogen-bond acceptors (Lipinski definition) is 2. The van der Waals surface area contributed by atoms with Gasteiger partial charge in [0.15, 0.2) is 23.5 Å². The highest BCUT2D eigenvalue weighted by molar-refractivity contribution is 7.18. The van der Waals surface area contributed by atoms with Gasteiger partial charge in [0.25, 0.3) is 0 Å². The second-order valence-electron chi connectivity index (χ2n) is 9.36. The molecule has 3 aliphatic heterocycles. The van der Waals surface area contributed by atoms with E-state index in [1.54, 1.807) is 0 Å². The molecule has 0 saturated heterocycles. The lowest BCUT2D eigenvalue weighted by Crippen LogP contribution is -2.72. The Morgan fingerprint density at radius 3 is 2.33 bits per heavy atom. The van der Waals surface area contributed by atoms with Crippen molar-refractivity contribution in [2.75, 3.05) is 0 Å². The third kappa shape index (κ3) is 1.38. The molecule has 7 aromatic rings. The Kier molecular flexibility index (Phi) is 2.23. The van der Waals surface area contributed by atoms with Crippen LogP contribution in [-0.2, 0) is 5.66 Å². The average molecular weight is 439 g/mol. The quantitative estimate of drug-likeness (QED) is 0.206. The van der Waals surface area contributed by atoms with Crippen molar-refractivity contribution in [1.29, 1.82) is 0 Å². The fourth-order valence-electron chi connectivity index (χ4n) is 7.07. The Morgan fingerprint density at radius 2 is 1.39 bits per heavy atom. The maximum Gasteiger partial charge on any atom is 0.425 e. The fourth-order valence-corrected chi connectivity index (χ4v) is 8.01. The molecule has 1 unspecified atom stereocenters. The van der Waals surface area contributed by atoms with Crippen LogP contribution in [0, 0.1) is 0 Å². The third-order valence-electron chi connectivity index (χ3n) is 8.12. The SMILES string of the molecule is c1cc2ccc3ccc4c5c3c2[n+](c1)C51c2c(ccc3c5ccsc5c5ccc[n+]1c5c23)O4. The number of pyridine rings is 2. The number of fused-ring (bicyclic) bond motifs is 3. The highest BCUT2D eigenvalue weighted by atomic mass is 32.1. The minimum atomic E-state index is -0.476. The van der Waals surface area contributed by atoms with Crippen LogP contribution in [0.2, 0.25) is 0 Å². The summed E-state index contributed by atoms with van der Waals surface area (Å²) in [4.78, 5) is 0. The molecule has 1 atom stereocenters. The van der Waals surface area contributed by atoms with E-state index in [0.29, 0.717) is 0 Å². The molecule has 0 amide bonds. The van der Waals surface area contributed by atoms with Crippen LogP contribution in [-0.4, -0.2) is 0 Å². The van der Waals surface area contributed by atoms with Gasteiger partial charge in [-0.1, -0.05) is 12.1 Å². The fraction of sp³-hybridized carbons (Fsp3) is 0.0345. The zero-order valence-electron chi connectivity index (χ0n) is 17.3. The summed E-state index contributed by atoms with van der Waals surface area (Å²) in [6, 6.07) is 24.5. The van der Waals surface area contributed by atoms with Crippen molar-refractivity contribution in [1.82, 2.24) is 0 Å². The molecule has 0 N–H and O–H groups in total. The van der Waals surface area contributed by atoms with Crippen molar-refractivity contribution >= 4 is 64.8 Å². The van der Waals surface area contributed by atoms with Crippen LogP contribution >= 0.6 is 11.3 Å². The first kappa shape index (κ1) is 15.7. The molecule has 1 spiro atoms. The van der Waals surface area contributed by atoms with Crippen molar-refractivity contribution in [2.45, 2.75) is 5.66 Å². The molecular formula is C29H14N2OS+2. The van der Waals surface area contributed by atoms with Crippen molar-refractivity contribution in [3.63, 3.8) is 0 Å². The number of ether oxygens (including phenoxy) is 1. The Balaban J connectivity index is 1.61. The molecule has 3 aromatic heterocycles. The van der Waals surface area contributed by atoms with E-state index in [-0.39, 0.29) is 0 Å². The summed E-state index contributed by atoms with van der Waals surface area (Å²) in [7, 11) is 0. The molecule has 3 aliphatic rings.